The molecule has 1 aromatic heterocycles. The van der Waals surface area contributed by atoms with Crippen LogP contribution in [-0.2, 0) is 6.42 Å². The van der Waals surface area contributed by atoms with Crippen LogP contribution in [0.25, 0.3) is 0 Å². The predicted octanol–water partition coefficient (Wildman–Crippen LogP) is 1.59. The van der Waals surface area contributed by atoms with Gasteiger partial charge in [0.15, 0.2) is 0 Å². The Morgan fingerprint density at radius 3 is 2.20 bits per heavy atom. The van der Waals surface area contributed by atoms with E-state index in [1.807, 2.05) is 0 Å². The molecule has 0 atom stereocenters. The van der Waals surface area contributed by atoms with Crippen LogP contribution < -0.4 is 5.73 Å². The highest BCUT2D eigenvalue weighted by Gasteiger charge is 2.11. The van der Waals surface area contributed by atoms with Crippen molar-refractivity contribution in [2.45, 2.75) is 39.0 Å². The van der Waals surface area contributed by atoms with Crippen LogP contribution in [-0.4, -0.2) is 20.2 Å². The molecule has 0 aromatic carbocycles. The molecular formula is C10H17N3O2. The highest BCUT2D eigenvalue weighted by Crippen LogP contribution is 2.25. The van der Waals surface area contributed by atoms with E-state index in [1.165, 1.54) is 0 Å². The first-order valence-corrected chi connectivity index (χ1v) is 5.19. The molecule has 0 spiro atoms. The van der Waals surface area contributed by atoms with Gasteiger partial charge in [0.1, 0.15) is 0 Å². The van der Waals surface area contributed by atoms with Gasteiger partial charge < -0.3 is 15.9 Å². The molecule has 0 radical (unpaired) electrons. The smallest absolute Gasteiger partial charge is 0.226 e. The first-order chi connectivity index (χ1) is 7.15. The molecule has 15 heavy (non-hydrogen) atoms. The maximum atomic E-state index is 9.44. The Kier molecular flexibility index (Phi) is 4.15. The van der Waals surface area contributed by atoms with Gasteiger partial charge in [0.05, 0.1) is 5.56 Å². The quantitative estimate of drug-likeness (QED) is 0.643. The molecule has 0 saturated carbocycles. The molecule has 1 heterocycles. The summed E-state index contributed by atoms with van der Waals surface area (Å²) < 4.78 is 0. The second-order valence-corrected chi connectivity index (χ2v) is 3.52. The van der Waals surface area contributed by atoms with Crippen molar-refractivity contribution < 1.29 is 10.2 Å². The van der Waals surface area contributed by atoms with Crippen LogP contribution in [0.2, 0.25) is 0 Å². The lowest BCUT2D eigenvalue weighted by Crippen LogP contribution is -1.99. The third kappa shape index (κ3) is 3.27. The van der Waals surface area contributed by atoms with Crippen LogP contribution in [0.5, 0.6) is 11.8 Å². The van der Waals surface area contributed by atoms with Crippen molar-refractivity contribution >= 4 is 5.95 Å². The number of nitrogens with zero attached hydrogens (tertiary/aromatic N) is 2. The van der Waals surface area contributed by atoms with E-state index in [2.05, 4.69) is 16.9 Å². The average molecular weight is 211 g/mol. The lowest BCUT2D eigenvalue weighted by molar-refractivity contribution is 0.409. The second kappa shape index (κ2) is 5.38. The summed E-state index contributed by atoms with van der Waals surface area (Å²) in [6.45, 7) is 2.13. The van der Waals surface area contributed by atoms with E-state index in [9.17, 15) is 10.2 Å². The summed E-state index contributed by atoms with van der Waals surface area (Å²) in [6, 6.07) is 0. The SMILES string of the molecule is CCCCCCc1c(O)nc(N)nc1O. The van der Waals surface area contributed by atoms with Crippen LogP contribution in [0, 0.1) is 0 Å². The zero-order chi connectivity index (χ0) is 11.3. The fourth-order valence-electron chi connectivity index (χ4n) is 1.43. The molecule has 84 valence electrons. The summed E-state index contributed by atoms with van der Waals surface area (Å²) in [5.74, 6) is -0.532. The third-order valence-corrected chi connectivity index (χ3v) is 2.26. The first kappa shape index (κ1) is 11.6. The predicted molar refractivity (Wildman–Crippen MR) is 57.6 cm³/mol. The fourth-order valence-corrected chi connectivity index (χ4v) is 1.43. The number of anilines is 1. The molecular weight excluding hydrogens is 194 g/mol. The minimum absolute atomic E-state index is 0.109. The number of nitrogens with two attached hydrogens (primary N) is 1. The zero-order valence-electron chi connectivity index (χ0n) is 8.90. The Labute approximate surface area is 89.0 Å². The lowest BCUT2D eigenvalue weighted by Gasteiger charge is -2.05. The van der Waals surface area contributed by atoms with E-state index in [0.29, 0.717) is 12.0 Å². The van der Waals surface area contributed by atoms with Gasteiger partial charge in [-0.1, -0.05) is 26.2 Å². The van der Waals surface area contributed by atoms with Crippen molar-refractivity contribution in [3.05, 3.63) is 5.56 Å². The summed E-state index contributed by atoms with van der Waals surface area (Å²) in [4.78, 5) is 7.19. The molecule has 5 nitrogen and oxygen atoms in total. The van der Waals surface area contributed by atoms with E-state index in [-0.39, 0.29) is 17.7 Å². The van der Waals surface area contributed by atoms with Gasteiger partial charge in [-0.2, -0.15) is 9.97 Å². The molecule has 0 saturated heterocycles. The van der Waals surface area contributed by atoms with Crippen LogP contribution in [0.1, 0.15) is 38.2 Å². The van der Waals surface area contributed by atoms with E-state index in [4.69, 9.17) is 5.73 Å². The molecule has 0 bridgehead atoms. The molecule has 0 unspecified atom stereocenters. The van der Waals surface area contributed by atoms with Gasteiger partial charge in [-0.15, -0.1) is 0 Å². The standard InChI is InChI=1S/C10H17N3O2/c1-2-3-4-5-6-7-8(14)12-10(11)13-9(7)15/h2-6H2,1H3,(H4,11,12,13,14,15). The molecule has 4 N–H and O–H groups in total. The van der Waals surface area contributed by atoms with Crippen molar-refractivity contribution in [2.24, 2.45) is 0 Å². The summed E-state index contributed by atoms with van der Waals surface area (Å²) >= 11 is 0. The Bertz CT molecular complexity index is 305. The average Bonchev–Trinajstić information content (AvgIpc) is 2.15. The largest absolute Gasteiger partial charge is 0.493 e. The van der Waals surface area contributed by atoms with Gasteiger partial charge in [0, 0.05) is 0 Å². The molecule has 5 heteroatoms. The van der Waals surface area contributed by atoms with Crippen molar-refractivity contribution in [2.75, 3.05) is 5.73 Å². The number of hydrogen-bond acceptors (Lipinski definition) is 5. The van der Waals surface area contributed by atoms with E-state index in [0.717, 1.165) is 25.7 Å². The van der Waals surface area contributed by atoms with Gasteiger partial charge in [-0.3, -0.25) is 0 Å². The van der Waals surface area contributed by atoms with Crippen LogP contribution in [0.3, 0.4) is 0 Å². The molecule has 0 aliphatic carbocycles. The Balaban J connectivity index is 2.60. The van der Waals surface area contributed by atoms with E-state index in [1.54, 1.807) is 0 Å². The van der Waals surface area contributed by atoms with E-state index < -0.39 is 0 Å². The summed E-state index contributed by atoms with van der Waals surface area (Å²) in [6.07, 6.45) is 4.85. The Morgan fingerprint density at radius 1 is 1.07 bits per heavy atom. The number of unbranched alkanes of at least 4 members (excludes halogenated alkanes) is 3. The number of rotatable bonds is 5. The van der Waals surface area contributed by atoms with Gasteiger partial charge >= 0.3 is 0 Å². The molecule has 0 amide bonds. The summed E-state index contributed by atoms with van der Waals surface area (Å²) in [5, 5.41) is 18.9. The fraction of sp³-hybridized carbons (Fsp3) is 0.600. The normalized spacial score (nSPS) is 10.5. The number of nitrogen functional groups attached to an aromatic ring is 1. The summed E-state index contributed by atoms with van der Waals surface area (Å²) in [7, 11) is 0. The van der Waals surface area contributed by atoms with Crippen LogP contribution >= 0.6 is 0 Å². The minimum Gasteiger partial charge on any atom is -0.493 e. The van der Waals surface area contributed by atoms with Gasteiger partial charge in [0.25, 0.3) is 0 Å². The number of aromatic nitrogens is 2. The molecule has 1 rings (SSSR count). The highest BCUT2D eigenvalue weighted by molar-refractivity contribution is 5.38. The minimum atomic E-state index is -0.212. The van der Waals surface area contributed by atoms with Crippen LogP contribution in [0.15, 0.2) is 0 Å². The second-order valence-electron chi connectivity index (χ2n) is 3.52. The third-order valence-electron chi connectivity index (χ3n) is 2.26. The van der Waals surface area contributed by atoms with Crippen molar-refractivity contribution in [3.8, 4) is 11.8 Å². The number of hydrogen-bond donors (Lipinski definition) is 3. The maximum absolute atomic E-state index is 9.44. The zero-order valence-corrected chi connectivity index (χ0v) is 8.90. The number of aromatic hydroxyl groups is 2. The monoisotopic (exact) mass is 211 g/mol. The van der Waals surface area contributed by atoms with Crippen LogP contribution in [0.4, 0.5) is 5.95 Å². The summed E-state index contributed by atoms with van der Waals surface area (Å²) in [5.41, 5.74) is 5.65. The Hall–Kier alpha value is -1.52. The molecule has 0 aliphatic rings. The van der Waals surface area contributed by atoms with Crippen molar-refractivity contribution in [3.63, 3.8) is 0 Å². The molecule has 0 aliphatic heterocycles. The molecule has 1 aromatic rings. The first-order valence-electron chi connectivity index (χ1n) is 5.19. The highest BCUT2D eigenvalue weighted by atomic mass is 16.3. The van der Waals surface area contributed by atoms with Crippen molar-refractivity contribution in [1.82, 2.24) is 9.97 Å². The van der Waals surface area contributed by atoms with Crippen molar-refractivity contribution in [1.29, 1.82) is 0 Å². The topological polar surface area (TPSA) is 92.3 Å². The Morgan fingerprint density at radius 2 is 1.67 bits per heavy atom. The maximum Gasteiger partial charge on any atom is 0.226 e. The lowest BCUT2D eigenvalue weighted by atomic mass is 10.1. The molecule has 0 fully saturated rings. The van der Waals surface area contributed by atoms with Gasteiger partial charge in [0.2, 0.25) is 17.7 Å². The van der Waals surface area contributed by atoms with Gasteiger partial charge in [-0.05, 0) is 12.8 Å². The van der Waals surface area contributed by atoms with E-state index >= 15 is 0 Å². The van der Waals surface area contributed by atoms with Gasteiger partial charge in [-0.25, -0.2) is 0 Å².